The molecule has 5 unspecified atom stereocenters. The van der Waals surface area contributed by atoms with Gasteiger partial charge in [0, 0.05) is 12.2 Å². The predicted molar refractivity (Wildman–Crippen MR) is 110 cm³/mol. The first-order valence-corrected chi connectivity index (χ1v) is 10.0. The van der Waals surface area contributed by atoms with E-state index in [4.69, 9.17) is 16.6 Å². The molecule has 0 bridgehead atoms. The Balaban J connectivity index is 5.28. The van der Waals surface area contributed by atoms with Gasteiger partial charge in [-0.2, -0.15) is 12.6 Å². The third kappa shape index (κ3) is 9.41. The van der Waals surface area contributed by atoms with Crippen molar-refractivity contribution in [1.29, 1.82) is 0 Å². The summed E-state index contributed by atoms with van der Waals surface area (Å²) in [4.78, 5) is 59.4. The maximum Gasteiger partial charge on any atom is 0.326 e. The van der Waals surface area contributed by atoms with E-state index in [-0.39, 0.29) is 24.5 Å². The monoisotopic (exact) mass is 449 g/mol. The molecular weight excluding hydrogens is 418 g/mol. The van der Waals surface area contributed by atoms with E-state index in [0.717, 1.165) is 0 Å². The molecule has 0 aromatic rings. The van der Waals surface area contributed by atoms with Crippen molar-refractivity contribution < 1.29 is 34.2 Å². The van der Waals surface area contributed by atoms with Crippen LogP contribution in [-0.2, 0) is 24.0 Å². The van der Waals surface area contributed by atoms with Crippen molar-refractivity contribution in [3.8, 4) is 0 Å². The zero-order valence-electron chi connectivity index (χ0n) is 17.0. The average molecular weight is 450 g/mol. The van der Waals surface area contributed by atoms with Gasteiger partial charge in [0.2, 0.25) is 23.6 Å². The molecule has 0 aliphatic heterocycles. The Bertz CT molecular complexity index is 634. The SMILES string of the molecule is CCC(C)C(NC(=O)C(CS)NC(=O)C(CCC(N)=O)NC(=O)C(N)CO)C(=O)O. The fraction of sp³-hybridized carbons (Fsp3) is 0.706. The van der Waals surface area contributed by atoms with E-state index in [1.54, 1.807) is 13.8 Å². The summed E-state index contributed by atoms with van der Waals surface area (Å²) < 4.78 is 0. The molecule has 0 radical (unpaired) electrons. The normalized spacial score (nSPS) is 15.8. The maximum absolute atomic E-state index is 12.6. The van der Waals surface area contributed by atoms with Gasteiger partial charge in [0.15, 0.2) is 0 Å². The van der Waals surface area contributed by atoms with E-state index >= 15 is 0 Å². The van der Waals surface area contributed by atoms with Crippen molar-refractivity contribution in [2.45, 2.75) is 57.3 Å². The van der Waals surface area contributed by atoms with E-state index in [1.807, 2.05) is 0 Å². The molecule has 30 heavy (non-hydrogen) atoms. The molecule has 9 N–H and O–H groups in total. The second kappa shape index (κ2) is 13.8. The van der Waals surface area contributed by atoms with Crippen molar-refractivity contribution in [2.75, 3.05) is 12.4 Å². The van der Waals surface area contributed by atoms with E-state index in [0.29, 0.717) is 6.42 Å². The van der Waals surface area contributed by atoms with Crippen LogP contribution in [0.5, 0.6) is 0 Å². The van der Waals surface area contributed by atoms with Gasteiger partial charge in [-0.15, -0.1) is 0 Å². The number of carboxylic acids is 1. The quantitative estimate of drug-likeness (QED) is 0.128. The van der Waals surface area contributed by atoms with Gasteiger partial charge in [-0.25, -0.2) is 4.79 Å². The van der Waals surface area contributed by atoms with E-state index < -0.39 is 60.4 Å². The van der Waals surface area contributed by atoms with Crippen LogP contribution in [0.3, 0.4) is 0 Å². The number of hydrogen-bond acceptors (Lipinski definition) is 8. The van der Waals surface area contributed by atoms with Crippen LogP contribution in [0.1, 0.15) is 33.1 Å². The van der Waals surface area contributed by atoms with Crippen molar-refractivity contribution >= 4 is 42.2 Å². The van der Waals surface area contributed by atoms with Gasteiger partial charge < -0.3 is 37.6 Å². The fourth-order valence-corrected chi connectivity index (χ4v) is 2.58. The summed E-state index contributed by atoms with van der Waals surface area (Å²) in [6, 6.07) is -4.91. The highest BCUT2D eigenvalue weighted by Gasteiger charge is 2.31. The van der Waals surface area contributed by atoms with Gasteiger partial charge in [-0.05, 0) is 12.3 Å². The lowest BCUT2D eigenvalue weighted by atomic mass is 9.99. The molecule has 0 spiro atoms. The third-order valence-electron chi connectivity index (χ3n) is 4.44. The molecule has 0 saturated carbocycles. The molecule has 4 amide bonds. The summed E-state index contributed by atoms with van der Waals surface area (Å²) in [7, 11) is 0. The lowest BCUT2D eigenvalue weighted by molar-refractivity contribution is -0.143. The number of thiol groups is 1. The maximum atomic E-state index is 12.6. The van der Waals surface area contributed by atoms with Crippen molar-refractivity contribution in [1.82, 2.24) is 16.0 Å². The highest BCUT2D eigenvalue weighted by Crippen LogP contribution is 2.08. The Kier molecular flexibility index (Phi) is 12.7. The first kappa shape index (κ1) is 27.6. The van der Waals surface area contributed by atoms with Crippen LogP contribution < -0.4 is 27.4 Å². The molecule has 0 fully saturated rings. The first-order valence-electron chi connectivity index (χ1n) is 9.37. The summed E-state index contributed by atoms with van der Waals surface area (Å²) in [5.74, 6) is -4.86. The number of carboxylic acid groups (broad SMARTS) is 1. The van der Waals surface area contributed by atoms with Gasteiger partial charge in [0.1, 0.15) is 24.2 Å². The molecule has 0 rings (SSSR count). The minimum atomic E-state index is -1.29. The summed E-state index contributed by atoms with van der Waals surface area (Å²) in [6.45, 7) is 2.77. The number of rotatable bonds is 14. The minimum Gasteiger partial charge on any atom is -0.480 e. The largest absolute Gasteiger partial charge is 0.480 e. The number of carbonyl (C=O) groups is 5. The third-order valence-corrected chi connectivity index (χ3v) is 4.80. The molecule has 0 aromatic heterocycles. The number of aliphatic hydroxyl groups excluding tert-OH is 1. The number of amides is 4. The van der Waals surface area contributed by atoms with Crippen LogP contribution in [0.4, 0.5) is 0 Å². The average Bonchev–Trinajstić information content (AvgIpc) is 2.70. The summed E-state index contributed by atoms with van der Waals surface area (Å²) >= 11 is 4.01. The molecule has 13 heteroatoms. The lowest BCUT2D eigenvalue weighted by Gasteiger charge is -2.25. The summed E-state index contributed by atoms with van der Waals surface area (Å²) in [6.07, 6.45) is 0.0949. The molecule has 172 valence electrons. The van der Waals surface area contributed by atoms with Crippen molar-refractivity contribution in [3.63, 3.8) is 0 Å². The van der Waals surface area contributed by atoms with Gasteiger partial charge in [0.25, 0.3) is 0 Å². The zero-order chi connectivity index (χ0) is 23.4. The van der Waals surface area contributed by atoms with Crippen LogP contribution in [0, 0.1) is 5.92 Å². The van der Waals surface area contributed by atoms with Crippen LogP contribution in [0.25, 0.3) is 0 Å². The Hall–Kier alpha value is -2.38. The molecule has 0 saturated heterocycles. The van der Waals surface area contributed by atoms with E-state index in [1.165, 1.54) is 0 Å². The lowest BCUT2D eigenvalue weighted by Crippen LogP contribution is -2.58. The molecule has 0 aromatic carbocycles. The Morgan fingerprint density at radius 2 is 1.53 bits per heavy atom. The zero-order valence-corrected chi connectivity index (χ0v) is 17.9. The molecule has 5 atom stereocenters. The van der Waals surface area contributed by atoms with Gasteiger partial charge in [0.05, 0.1) is 6.61 Å². The second-order valence-corrected chi connectivity index (χ2v) is 7.17. The van der Waals surface area contributed by atoms with Crippen LogP contribution in [-0.4, -0.2) is 76.3 Å². The predicted octanol–water partition coefficient (Wildman–Crippen LogP) is -2.91. The topological polar surface area (TPSA) is 214 Å². The minimum absolute atomic E-state index is 0.156. The number of hydrogen-bond donors (Lipinski definition) is 8. The highest BCUT2D eigenvalue weighted by atomic mass is 32.1. The van der Waals surface area contributed by atoms with Crippen molar-refractivity contribution in [3.05, 3.63) is 0 Å². The molecule has 0 aliphatic carbocycles. The van der Waals surface area contributed by atoms with Gasteiger partial charge in [-0.3, -0.25) is 19.2 Å². The number of aliphatic carboxylic acids is 1. The van der Waals surface area contributed by atoms with E-state index in [2.05, 4.69) is 28.6 Å². The number of aliphatic hydroxyl groups is 1. The standard InChI is InChI=1S/C17H31N5O7S/c1-3-8(2)13(17(28)29)22-16(27)11(7-30)21-15(26)10(4-5-12(19)24)20-14(25)9(18)6-23/h8-11,13,23,30H,3-7,18H2,1-2H3,(H2,19,24)(H,20,25)(H,21,26)(H,22,27)(H,28,29). The molecule has 12 nitrogen and oxygen atoms in total. The highest BCUT2D eigenvalue weighted by molar-refractivity contribution is 7.80. The van der Waals surface area contributed by atoms with E-state index in [9.17, 15) is 29.1 Å². The number of carbonyl (C=O) groups excluding carboxylic acids is 4. The fourth-order valence-electron chi connectivity index (χ4n) is 2.32. The number of nitrogens with one attached hydrogen (secondary N) is 3. The van der Waals surface area contributed by atoms with Crippen LogP contribution in [0.2, 0.25) is 0 Å². The number of nitrogens with two attached hydrogens (primary N) is 2. The Labute approximate surface area is 179 Å². The van der Waals surface area contributed by atoms with Gasteiger partial charge in [-0.1, -0.05) is 20.3 Å². The summed E-state index contributed by atoms with van der Waals surface area (Å²) in [5, 5.41) is 25.3. The van der Waals surface area contributed by atoms with Crippen LogP contribution >= 0.6 is 12.6 Å². The van der Waals surface area contributed by atoms with Gasteiger partial charge >= 0.3 is 5.97 Å². The van der Waals surface area contributed by atoms with Crippen LogP contribution in [0.15, 0.2) is 0 Å². The Morgan fingerprint density at radius 1 is 1.00 bits per heavy atom. The Morgan fingerprint density at radius 3 is 1.97 bits per heavy atom. The first-order chi connectivity index (χ1) is 14.0. The molecular formula is C17H31N5O7S. The van der Waals surface area contributed by atoms with Crippen molar-refractivity contribution in [2.24, 2.45) is 17.4 Å². The smallest absolute Gasteiger partial charge is 0.326 e. The second-order valence-electron chi connectivity index (χ2n) is 6.81. The number of primary amides is 1. The molecule has 0 heterocycles. The molecule has 0 aliphatic rings. The summed E-state index contributed by atoms with van der Waals surface area (Å²) in [5.41, 5.74) is 10.5.